The molecule has 0 radical (unpaired) electrons. The summed E-state index contributed by atoms with van der Waals surface area (Å²) in [5, 5.41) is 7.13. The van der Waals surface area contributed by atoms with Gasteiger partial charge in [-0.2, -0.15) is 0 Å². The first kappa shape index (κ1) is 31.2. The average Bonchev–Trinajstić information content (AvgIpc) is 3.79. The van der Waals surface area contributed by atoms with E-state index in [0.717, 1.165) is 66.9 Å². The van der Waals surface area contributed by atoms with E-state index in [4.69, 9.17) is 4.42 Å². The fourth-order valence-electron chi connectivity index (χ4n) is 8.33. The maximum Gasteiger partial charge on any atom is 0.136 e. The van der Waals surface area contributed by atoms with Gasteiger partial charge in [-0.3, -0.25) is 0 Å². The number of aromatic nitrogens is 1. The minimum absolute atomic E-state index is 0.884. The fraction of sp³-hybridized carbons (Fsp3) is 0. The largest absolute Gasteiger partial charge is 0.456 e. The maximum atomic E-state index is 6.40. The molecule has 0 aliphatic rings. The Morgan fingerprint density at radius 2 is 0.964 bits per heavy atom. The lowest BCUT2D eigenvalue weighted by atomic mass is 9.95. The Morgan fingerprint density at radius 3 is 1.80 bits per heavy atom. The van der Waals surface area contributed by atoms with Crippen LogP contribution in [0, 0.1) is 0 Å². The molecule has 11 aromatic rings. The van der Waals surface area contributed by atoms with Crippen LogP contribution >= 0.6 is 0 Å². The number of rotatable bonds is 6. The standard InChI is InChI=1S/C52H34N2O/c1-3-15-41(16-4-1)53(43-26-23-35-13-7-8-14-36(35)30-43)44-31-39(29-40(32-44)38-24-27-47-46-20-10-12-22-51(46)55-52(47)34-38)37-25-28-50-48(33-37)45-19-9-11-21-49(45)54(50)42-17-5-2-6-18-42/h1-34H. The van der Waals surface area contributed by atoms with Gasteiger partial charge in [0.1, 0.15) is 11.2 Å². The lowest BCUT2D eigenvalue weighted by molar-refractivity contribution is 0.669. The zero-order chi connectivity index (χ0) is 36.3. The van der Waals surface area contributed by atoms with E-state index in [0.29, 0.717) is 0 Å². The number of nitrogens with zero attached hydrogens (tertiary/aromatic N) is 2. The van der Waals surface area contributed by atoms with Gasteiger partial charge in [0.05, 0.1) is 11.0 Å². The molecule has 0 saturated carbocycles. The third kappa shape index (κ3) is 5.28. The maximum absolute atomic E-state index is 6.40. The lowest BCUT2D eigenvalue weighted by Gasteiger charge is -2.27. The van der Waals surface area contributed by atoms with Crippen LogP contribution in [0.5, 0.6) is 0 Å². The summed E-state index contributed by atoms with van der Waals surface area (Å²) in [6, 6.07) is 74.1. The number of para-hydroxylation sites is 4. The van der Waals surface area contributed by atoms with Crippen molar-refractivity contribution in [3.63, 3.8) is 0 Å². The highest BCUT2D eigenvalue weighted by Gasteiger charge is 2.19. The van der Waals surface area contributed by atoms with Crippen LogP contribution in [0.4, 0.5) is 17.1 Å². The van der Waals surface area contributed by atoms with Gasteiger partial charge < -0.3 is 13.9 Å². The second-order valence-corrected chi connectivity index (χ2v) is 14.2. The van der Waals surface area contributed by atoms with Crippen LogP contribution in [0.15, 0.2) is 211 Å². The Balaban J connectivity index is 1.15. The van der Waals surface area contributed by atoms with E-state index in [1.165, 1.54) is 32.6 Å². The van der Waals surface area contributed by atoms with Crippen LogP contribution in [-0.4, -0.2) is 4.57 Å². The van der Waals surface area contributed by atoms with Gasteiger partial charge in [0, 0.05) is 44.3 Å². The second kappa shape index (κ2) is 12.6. The molecule has 0 unspecified atom stereocenters. The molecule has 3 heteroatoms. The summed E-state index contributed by atoms with van der Waals surface area (Å²) in [7, 11) is 0. The van der Waals surface area contributed by atoms with E-state index in [1.807, 2.05) is 12.1 Å². The molecule has 55 heavy (non-hydrogen) atoms. The normalized spacial score (nSPS) is 11.6. The molecular weight excluding hydrogens is 669 g/mol. The average molecular weight is 703 g/mol. The predicted octanol–water partition coefficient (Wildman–Crippen LogP) is 14.6. The molecule has 0 aliphatic heterocycles. The van der Waals surface area contributed by atoms with Gasteiger partial charge in [-0.05, 0) is 124 Å². The van der Waals surface area contributed by atoms with E-state index < -0.39 is 0 Å². The Hall–Kier alpha value is -7.36. The highest BCUT2D eigenvalue weighted by molar-refractivity contribution is 6.11. The summed E-state index contributed by atoms with van der Waals surface area (Å²) in [5.41, 5.74) is 13.1. The van der Waals surface area contributed by atoms with Gasteiger partial charge in [0.25, 0.3) is 0 Å². The van der Waals surface area contributed by atoms with Crippen molar-refractivity contribution in [3.8, 4) is 27.9 Å². The van der Waals surface area contributed by atoms with Crippen molar-refractivity contribution in [2.45, 2.75) is 0 Å². The van der Waals surface area contributed by atoms with Crippen molar-refractivity contribution < 1.29 is 4.42 Å². The summed E-state index contributed by atoms with van der Waals surface area (Å²) in [6.45, 7) is 0. The summed E-state index contributed by atoms with van der Waals surface area (Å²) >= 11 is 0. The predicted molar refractivity (Wildman–Crippen MR) is 231 cm³/mol. The first-order chi connectivity index (χ1) is 27.2. The van der Waals surface area contributed by atoms with E-state index in [1.54, 1.807) is 0 Å². The van der Waals surface area contributed by atoms with Gasteiger partial charge in [0.15, 0.2) is 0 Å². The topological polar surface area (TPSA) is 21.3 Å². The molecule has 2 heterocycles. The molecule has 0 bridgehead atoms. The number of furan rings is 1. The molecule has 0 atom stereocenters. The number of hydrogen-bond donors (Lipinski definition) is 0. The fourth-order valence-corrected chi connectivity index (χ4v) is 8.33. The quantitative estimate of drug-likeness (QED) is 0.172. The molecule has 0 spiro atoms. The van der Waals surface area contributed by atoms with E-state index >= 15 is 0 Å². The summed E-state index contributed by atoms with van der Waals surface area (Å²) in [6.07, 6.45) is 0. The highest BCUT2D eigenvalue weighted by Crippen LogP contribution is 2.43. The molecule has 0 N–H and O–H groups in total. The number of benzene rings is 9. The van der Waals surface area contributed by atoms with Crippen LogP contribution in [0.25, 0.3) is 82.5 Å². The van der Waals surface area contributed by atoms with Crippen LogP contribution in [0.1, 0.15) is 0 Å². The van der Waals surface area contributed by atoms with Gasteiger partial charge in [-0.15, -0.1) is 0 Å². The van der Waals surface area contributed by atoms with Crippen molar-refractivity contribution in [1.29, 1.82) is 0 Å². The van der Waals surface area contributed by atoms with Gasteiger partial charge >= 0.3 is 0 Å². The molecule has 0 saturated heterocycles. The van der Waals surface area contributed by atoms with Crippen LogP contribution in [0.3, 0.4) is 0 Å². The van der Waals surface area contributed by atoms with E-state index in [9.17, 15) is 0 Å². The Kier molecular flexibility index (Phi) is 7.17. The smallest absolute Gasteiger partial charge is 0.136 e. The first-order valence-corrected chi connectivity index (χ1v) is 18.7. The van der Waals surface area contributed by atoms with Crippen LogP contribution in [-0.2, 0) is 0 Å². The Labute approximate surface area is 318 Å². The zero-order valence-electron chi connectivity index (χ0n) is 29.9. The van der Waals surface area contributed by atoms with E-state index in [-0.39, 0.29) is 0 Å². The minimum Gasteiger partial charge on any atom is -0.456 e. The van der Waals surface area contributed by atoms with Gasteiger partial charge in [-0.1, -0.05) is 115 Å². The van der Waals surface area contributed by atoms with Gasteiger partial charge in [-0.25, -0.2) is 0 Å². The molecular formula is C52H34N2O. The monoisotopic (exact) mass is 702 g/mol. The molecule has 2 aromatic heterocycles. The molecule has 0 aliphatic carbocycles. The number of fused-ring (bicyclic) bond motifs is 7. The summed E-state index contributed by atoms with van der Waals surface area (Å²) in [5.74, 6) is 0. The van der Waals surface area contributed by atoms with Crippen molar-refractivity contribution >= 4 is 71.6 Å². The Morgan fingerprint density at radius 1 is 0.327 bits per heavy atom. The molecule has 9 aromatic carbocycles. The summed E-state index contributed by atoms with van der Waals surface area (Å²) < 4.78 is 8.77. The Bertz CT molecular complexity index is 3210. The van der Waals surface area contributed by atoms with Crippen molar-refractivity contribution in [2.24, 2.45) is 0 Å². The number of hydrogen-bond acceptors (Lipinski definition) is 2. The number of anilines is 3. The first-order valence-electron chi connectivity index (χ1n) is 18.7. The third-order valence-corrected chi connectivity index (χ3v) is 10.9. The second-order valence-electron chi connectivity index (χ2n) is 14.2. The SMILES string of the molecule is c1ccc(N(c2cc(-c3ccc4c(c3)oc3ccccc34)cc(-c3ccc4c(c3)c3ccccc3n4-c3ccccc3)c2)c2ccc3ccccc3c2)cc1. The van der Waals surface area contributed by atoms with E-state index in [2.05, 4.69) is 204 Å². The third-order valence-electron chi connectivity index (χ3n) is 10.9. The molecule has 258 valence electrons. The van der Waals surface area contributed by atoms with Crippen molar-refractivity contribution in [3.05, 3.63) is 206 Å². The summed E-state index contributed by atoms with van der Waals surface area (Å²) in [4.78, 5) is 2.37. The minimum atomic E-state index is 0.884. The molecule has 0 amide bonds. The zero-order valence-corrected chi connectivity index (χ0v) is 29.9. The van der Waals surface area contributed by atoms with Crippen molar-refractivity contribution in [1.82, 2.24) is 4.57 Å². The van der Waals surface area contributed by atoms with Crippen molar-refractivity contribution in [2.75, 3.05) is 4.90 Å². The molecule has 3 nitrogen and oxygen atoms in total. The highest BCUT2D eigenvalue weighted by atomic mass is 16.3. The van der Waals surface area contributed by atoms with Crippen LogP contribution in [0.2, 0.25) is 0 Å². The lowest BCUT2D eigenvalue weighted by Crippen LogP contribution is -2.10. The molecule has 11 rings (SSSR count). The van der Waals surface area contributed by atoms with Gasteiger partial charge in [0.2, 0.25) is 0 Å². The van der Waals surface area contributed by atoms with Crippen LogP contribution < -0.4 is 4.90 Å². The molecule has 0 fully saturated rings.